The van der Waals surface area contributed by atoms with E-state index in [0.29, 0.717) is 18.9 Å². The van der Waals surface area contributed by atoms with Gasteiger partial charge in [-0.25, -0.2) is 4.57 Å². The minimum absolute atomic E-state index is 0.231. The van der Waals surface area contributed by atoms with Crippen molar-refractivity contribution in [2.75, 3.05) is 12.5 Å². The Balaban J connectivity index is 2.31. The molecule has 0 saturated carbocycles. The fourth-order valence-electron chi connectivity index (χ4n) is 1.64. The van der Waals surface area contributed by atoms with Gasteiger partial charge in [0.25, 0.3) is 0 Å². The van der Waals surface area contributed by atoms with E-state index >= 15 is 0 Å². The second kappa shape index (κ2) is 4.49. The number of nitrogens with zero attached hydrogens (tertiary/aromatic N) is 2. The van der Waals surface area contributed by atoms with Crippen LogP contribution in [-0.4, -0.2) is 28.1 Å². The van der Waals surface area contributed by atoms with Crippen molar-refractivity contribution in [2.24, 2.45) is 0 Å². The number of rotatable bonds is 2. The molecule has 7 heteroatoms. The van der Waals surface area contributed by atoms with Crippen LogP contribution in [0.3, 0.4) is 0 Å². The van der Waals surface area contributed by atoms with Crippen LogP contribution < -0.4 is 0 Å². The van der Waals surface area contributed by atoms with Crippen molar-refractivity contribution < 1.29 is 13.6 Å². The van der Waals surface area contributed by atoms with E-state index in [-0.39, 0.29) is 6.10 Å². The highest BCUT2D eigenvalue weighted by atomic mass is 35.5. The first-order valence-corrected chi connectivity index (χ1v) is 7.11. The largest absolute Gasteiger partial charge is 0.455 e. The normalized spacial score (nSPS) is 30.6. The van der Waals surface area contributed by atoms with E-state index in [1.807, 2.05) is 19.9 Å². The molecule has 0 spiro atoms. The van der Waals surface area contributed by atoms with Crippen molar-refractivity contribution >= 4 is 19.3 Å². The summed E-state index contributed by atoms with van der Waals surface area (Å²) in [5, 5.41) is 4.13. The van der Waals surface area contributed by atoms with Gasteiger partial charge < -0.3 is 0 Å². The Hall–Kier alpha value is -0.350. The van der Waals surface area contributed by atoms with Crippen molar-refractivity contribution in [1.82, 2.24) is 9.55 Å². The molecule has 16 heavy (non-hydrogen) atoms. The number of aryl methyl sites for hydroxylation is 2. The van der Waals surface area contributed by atoms with Gasteiger partial charge >= 0.3 is 7.75 Å². The minimum atomic E-state index is -3.33. The molecule has 0 unspecified atom stereocenters. The van der Waals surface area contributed by atoms with Crippen LogP contribution in [-0.2, 0) is 13.6 Å². The predicted octanol–water partition coefficient (Wildman–Crippen LogP) is 2.50. The fraction of sp³-hybridized carbons (Fsp3) is 0.667. The molecule has 1 fully saturated rings. The molecule has 0 bridgehead atoms. The van der Waals surface area contributed by atoms with Gasteiger partial charge in [-0.05, 0) is 26.3 Å². The monoisotopic (exact) mass is 264 g/mol. The van der Waals surface area contributed by atoms with Crippen LogP contribution in [0, 0.1) is 13.8 Å². The van der Waals surface area contributed by atoms with Gasteiger partial charge in [-0.1, -0.05) is 0 Å². The Morgan fingerprint density at radius 1 is 1.69 bits per heavy atom. The van der Waals surface area contributed by atoms with Gasteiger partial charge in [-0.3, -0.25) is 9.05 Å². The average molecular weight is 265 g/mol. The van der Waals surface area contributed by atoms with Crippen molar-refractivity contribution in [1.29, 1.82) is 0 Å². The molecule has 0 amide bonds. The molecule has 5 nitrogen and oxygen atoms in total. The molecule has 0 aromatic carbocycles. The van der Waals surface area contributed by atoms with Gasteiger partial charge in [-0.2, -0.15) is 9.55 Å². The van der Waals surface area contributed by atoms with E-state index in [2.05, 4.69) is 5.10 Å². The fourth-order valence-corrected chi connectivity index (χ4v) is 3.79. The number of halogens is 1. The standard InChI is InChI=1S/C9H14ClN2O3P/c1-7-5-8(2)12(11-7)16(13)14-4-3-9(6-10)15-16/h5,9H,3-4,6H2,1-2H3/t9-,16-/m0/s1. The Bertz CT molecular complexity index is 434. The minimum Gasteiger partial charge on any atom is -0.291 e. The quantitative estimate of drug-likeness (QED) is 0.608. The van der Waals surface area contributed by atoms with E-state index in [4.69, 9.17) is 20.6 Å². The maximum absolute atomic E-state index is 12.4. The highest BCUT2D eigenvalue weighted by Gasteiger charge is 2.37. The Morgan fingerprint density at radius 2 is 2.44 bits per heavy atom. The summed E-state index contributed by atoms with van der Waals surface area (Å²) >= 11 is 5.71. The van der Waals surface area contributed by atoms with Gasteiger partial charge in [0.15, 0.2) is 0 Å². The molecule has 2 atom stereocenters. The van der Waals surface area contributed by atoms with Crippen LogP contribution in [0.15, 0.2) is 6.07 Å². The molecule has 0 aliphatic carbocycles. The maximum atomic E-state index is 12.4. The topological polar surface area (TPSA) is 53.4 Å². The summed E-state index contributed by atoms with van der Waals surface area (Å²) in [6.07, 6.45) is 0.428. The van der Waals surface area contributed by atoms with Gasteiger partial charge in [-0.15, -0.1) is 11.6 Å². The van der Waals surface area contributed by atoms with Crippen molar-refractivity contribution in [2.45, 2.75) is 26.4 Å². The third-order valence-electron chi connectivity index (χ3n) is 2.37. The molecule has 1 aliphatic heterocycles. The lowest BCUT2D eigenvalue weighted by Crippen LogP contribution is -2.25. The van der Waals surface area contributed by atoms with Crippen LogP contribution in [0.4, 0.5) is 0 Å². The summed E-state index contributed by atoms with van der Waals surface area (Å²) in [7, 11) is -3.33. The van der Waals surface area contributed by atoms with Gasteiger partial charge in [0.1, 0.15) is 0 Å². The number of aromatic nitrogens is 2. The first-order chi connectivity index (χ1) is 7.55. The molecular weight excluding hydrogens is 251 g/mol. The molecule has 1 aromatic heterocycles. The molecule has 0 radical (unpaired) electrons. The number of alkyl halides is 1. The second-order valence-corrected chi connectivity index (χ2v) is 5.88. The first-order valence-electron chi connectivity index (χ1n) is 5.08. The Morgan fingerprint density at radius 3 is 3.00 bits per heavy atom. The zero-order valence-electron chi connectivity index (χ0n) is 9.22. The van der Waals surface area contributed by atoms with E-state index in [9.17, 15) is 4.57 Å². The molecule has 1 aromatic rings. The van der Waals surface area contributed by atoms with E-state index < -0.39 is 7.75 Å². The van der Waals surface area contributed by atoms with Crippen molar-refractivity contribution in [3.05, 3.63) is 17.5 Å². The second-order valence-electron chi connectivity index (χ2n) is 3.79. The lowest BCUT2D eigenvalue weighted by molar-refractivity contribution is 0.0871. The van der Waals surface area contributed by atoms with Crippen LogP contribution in [0.2, 0.25) is 0 Å². The van der Waals surface area contributed by atoms with Crippen LogP contribution >= 0.6 is 19.3 Å². The van der Waals surface area contributed by atoms with E-state index in [1.54, 1.807) is 0 Å². The molecule has 90 valence electrons. The van der Waals surface area contributed by atoms with Gasteiger partial charge in [0, 0.05) is 11.6 Å². The summed E-state index contributed by atoms with van der Waals surface area (Å²) in [5.74, 6) is 0.312. The van der Waals surface area contributed by atoms with Gasteiger partial charge in [0.05, 0.1) is 18.4 Å². The van der Waals surface area contributed by atoms with Crippen LogP contribution in [0.5, 0.6) is 0 Å². The van der Waals surface area contributed by atoms with Gasteiger partial charge in [0.2, 0.25) is 0 Å². The average Bonchev–Trinajstić information content (AvgIpc) is 2.58. The zero-order chi connectivity index (χ0) is 11.8. The lowest BCUT2D eigenvalue weighted by Gasteiger charge is -2.28. The molecule has 1 saturated heterocycles. The zero-order valence-corrected chi connectivity index (χ0v) is 10.9. The van der Waals surface area contributed by atoms with Crippen LogP contribution in [0.1, 0.15) is 17.8 Å². The summed E-state index contributed by atoms with van der Waals surface area (Å²) < 4.78 is 24.4. The SMILES string of the molecule is Cc1cc(C)n([P@]2(=O)OCC[C@@H](CCl)O2)n1. The van der Waals surface area contributed by atoms with E-state index in [1.165, 1.54) is 4.45 Å². The summed E-state index contributed by atoms with van der Waals surface area (Å²) in [4.78, 5) is 0. The molecule has 2 rings (SSSR count). The van der Waals surface area contributed by atoms with Crippen molar-refractivity contribution in [3.8, 4) is 0 Å². The maximum Gasteiger partial charge on any atom is 0.455 e. The first kappa shape index (κ1) is 12.1. The molecular formula is C9H14ClN2O3P. The number of hydrogen-bond acceptors (Lipinski definition) is 4. The summed E-state index contributed by atoms with van der Waals surface area (Å²) in [5.41, 5.74) is 1.55. The molecule has 0 N–H and O–H groups in total. The number of hydrogen-bond donors (Lipinski definition) is 0. The van der Waals surface area contributed by atoms with Crippen molar-refractivity contribution in [3.63, 3.8) is 0 Å². The molecule has 2 heterocycles. The summed E-state index contributed by atoms with van der Waals surface area (Å²) in [6.45, 7) is 4.03. The predicted molar refractivity (Wildman–Crippen MR) is 60.9 cm³/mol. The third kappa shape index (κ3) is 2.18. The Labute approximate surface area is 99.3 Å². The third-order valence-corrected chi connectivity index (χ3v) is 4.65. The highest BCUT2D eigenvalue weighted by molar-refractivity contribution is 7.52. The molecule has 1 aliphatic rings. The smallest absolute Gasteiger partial charge is 0.291 e. The highest BCUT2D eigenvalue weighted by Crippen LogP contribution is 2.53. The van der Waals surface area contributed by atoms with Crippen LogP contribution in [0.25, 0.3) is 0 Å². The Kier molecular flexibility index (Phi) is 3.40. The summed E-state index contributed by atoms with van der Waals surface area (Å²) in [6, 6.07) is 1.83. The van der Waals surface area contributed by atoms with E-state index in [0.717, 1.165) is 11.4 Å². The lowest BCUT2D eigenvalue weighted by atomic mass is 10.3.